The summed E-state index contributed by atoms with van der Waals surface area (Å²) in [4.78, 5) is 11.1. The molecule has 0 saturated carbocycles. The molecule has 0 bridgehead atoms. The molecule has 0 aromatic heterocycles. The first kappa shape index (κ1) is 18.2. The van der Waals surface area contributed by atoms with Gasteiger partial charge in [0.2, 0.25) is 0 Å². The number of fused-ring (bicyclic) bond motifs is 2. The lowest BCUT2D eigenvalue weighted by atomic mass is 9.97. The van der Waals surface area contributed by atoms with E-state index in [1.165, 1.54) is 11.4 Å². The first-order chi connectivity index (χ1) is 11.8. The molecule has 6 nitrogen and oxygen atoms in total. The Kier molecular flexibility index (Phi) is 5.03. The molecule has 2 aromatic rings. The normalized spacial score (nSPS) is 18.2. The lowest BCUT2D eigenvalue weighted by molar-refractivity contribution is -0.136. The van der Waals surface area contributed by atoms with E-state index in [2.05, 4.69) is 27.9 Å². The topological polar surface area (TPSA) is 86.7 Å². The molecular weight excluding hydrogens is 455 g/mol. The number of hydrogen-bond acceptors (Lipinski definition) is 4. The Morgan fingerprint density at radius 2 is 1.96 bits per heavy atom. The number of carboxylic acids is 1. The fourth-order valence-corrected chi connectivity index (χ4v) is 5.16. The third kappa shape index (κ3) is 3.38. The summed E-state index contributed by atoms with van der Waals surface area (Å²) in [5.74, 6) is -0.901. The van der Waals surface area contributed by atoms with Crippen molar-refractivity contribution in [2.75, 3.05) is 17.9 Å². The van der Waals surface area contributed by atoms with E-state index in [1.54, 1.807) is 24.3 Å². The SMILES string of the molecule is CN1c2ccccc2C(NCCC(=O)O)c2ccc(I)cc2S1(=O)=O. The van der Waals surface area contributed by atoms with E-state index in [9.17, 15) is 13.2 Å². The first-order valence-corrected chi connectivity index (χ1v) is 10.2. The Morgan fingerprint density at radius 1 is 1.24 bits per heavy atom. The van der Waals surface area contributed by atoms with Crippen LogP contribution in [0.1, 0.15) is 23.6 Å². The first-order valence-electron chi connectivity index (χ1n) is 7.65. The minimum absolute atomic E-state index is 0.0407. The molecule has 0 amide bonds. The molecular formula is C17H17IN2O4S. The number of hydrogen-bond donors (Lipinski definition) is 2. The van der Waals surface area contributed by atoms with Crippen LogP contribution in [-0.2, 0) is 14.8 Å². The Hall–Kier alpha value is -1.65. The molecule has 1 heterocycles. The highest BCUT2D eigenvalue weighted by Crippen LogP contribution is 2.40. The van der Waals surface area contributed by atoms with Gasteiger partial charge in [0.1, 0.15) is 0 Å². The van der Waals surface area contributed by atoms with Crippen molar-refractivity contribution >= 4 is 44.3 Å². The molecule has 1 aliphatic rings. The van der Waals surface area contributed by atoms with Crippen LogP contribution in [0.5, 0.6) is 0 Å². The van der Waals surface area contributed by atoms with Gasteiger partial charge in [0.15, 0.2) is 0 Å². The number of carbonyl (C=O) groups is 1. The predicted octanol–water partition coefficient (Wildman–Crippen LogP) is 2.58. The number of benzene rings is 2. The number of sulfonamides is 1. The minimum Gasteiger partial charge on any atom is -0.481 e. The van der Waals surface area contributed by atoms with Gasteiger partial charge >= 0.3 is 5.97 Å². The fraction of sp³-hybridized carbons (Fsp3) is 0.235. The number of aliphatic carboxylic acids is 1. The maximum Gasteiger partial charge on any atom is 0.304 e. The zero-order valence-corrected chi connectivity index (χ0v) is 16.4. The number of nitrogens with one attached hydrogen (secondary N) is 1. The van der Waals surface area contributed by atoms with Gasteiger partial charge in [-0.3, -0.25) is 9.10 Å². The van der Waals surface area contributed by atoms with Gasteiger partial charge < -0.3 is 10.4 Å². The van der Waals surface area contributed by atoms with E-state index in [0.717, 1.165) is 9.13 Å². The third-order valence-corrected chi connectivity index (χ3v) is 6.70. The smallest absolute Gasteiger partial charge is 0.304 e. The molecule has 0 saturated heterocycles. The van der Waals surface area contributed by atoms with Gasteiger partial charge in [-0.1, -0.05) is 24.3 Å². The van der Waals surface area contributed by atoms with E-state index in [4.69, 9.17) is 5.11 Å². The van der Waals surface area contributed by atoms with Gasteiger partial charge in [-0.15, -0.1) is 0 Å². The van der Waals surface area contributed by atoms with Gasteiger partial charge in [-0.05, 0) is 51.9 Å². The predicted molar refractivity (Wildman–Crippen MR) is 103 cm³/mol. The summed E-state index contributed by atoms with van der Waals surface area (Å²) in [6, 6.07) is 12.2. The van der Waals surface area contributed by atoms with Crippen LogP contribution in [0, 0.1) is 3.57 Å². The Labute approximate surface area is 160 Å². The zero-order valence-electron chi connectivity index (χ0n) is 13.4. The standard InChI is InChI=1S/C17H17IN2O4S/c1-20-14-5-3-2-4-12(14)17(19-9-8-16(21)22)13-7-6-11(18)10-15(13)25(20,23)24/h2-7,10,17,19H,8-9H2,1H3,(H,21,22). The highest BCUT2D eigenvalue weighted by Gasteiger charge is 2.34. The summed E-state index contributed by atoms with van der Waals surface area (Å²) in [5, 5.41) is 12.1. The number of halogens is 1. The summed E-state index contributed by atoms with van der Waals surface area (Å²) in [5.41, 5.74) is 2.02. The van der Waals surface area contributed by atoms with E-state index in [0.29, 0.717) is 11.3 Å². The molecule has 1 unspecified atom stereocenters. The number of carboxylic acid groups (broad SMARTS) is 1. The second-order valence-electron chi connectivity index (χ2n) is 5.74. The Bertz CT molecular complexity index is 930. The molecule has 2 N–H and O–H groups in total. The van der Waals surface area contributed by atoms with Gasteiger partial charge in [-0.2, -0.15) is 0 Å². The summed E-state index contributed by atoms with van der Waals surface area (Å²) in [7, 11) is -2.16. The molecule has 1 atom stereocenters. The van der Waals surface area contributed by atoms with E-state index in [-0.39, 0.29) is 17.9 Å². The van der Waals surface area contributed by atoms with Crippen LogP contribution >= 0.6 is 22.6 Å². The van der Waals surface area contributed by atoms with Gasteiger partial charge in [-0.25, -0.2) is 8.42 Å². The van der Waals surface area contributed by atoms with Crippen molar-refractivity contribution in [1.82, 2.24) is 5.32 Å². The average molecular weight is 472 g/mol. The molecule has 1 aliphatic heterocycles. The maximum atomic E-state index is 13.1. The van der Waals surface area contributed by atoms with E-state index in [1.807, 2.05) is 18.2 Å². The second kappa shape index (κ2) is 6.93. The monoisotopic (exact) mass is 472 g/mol. The van der Waals surface area contributed by atoms with Crippen LogP contribution in [0.3, 0.4) is 0 Å². The van der Waals surface area contributed by atoms with Gasteiger partial charge in [0.25, 0.3) is 10.0 Å². The van der Waals surface area contributed by atoms with Crippen LogP contribution in [-0.4, -0.2) is 33.1 Å². The lowest BCUT2D eigenvalue weighted by Gasteiger charge is -2.21. The quantitative estimate of drug-likeness (QED) is 0.669. The van der Waals surface area contributed by atoms with Crippen molar-refractivity contribution in [1.29, 1.82) is 0 Å². The summed E-state index contributed by atoms with van der Waals surface area (Å²) >= 11 is 2.09. The lowest BCUT2D eigenvalue weighted by Crippen LogP contribution is -2.26. The Morgan fingerprint density at radius 3 is 2.68 bits per heavy atom. The highest BCUT2D eigenvalue weighted by molar-refractivity contribution is 14.1. The molecule has 3 rings (SSSR count). The number of para-hydroxylation sites is 1. The summed E-state index contributed by atoms with van der Waals surface area (Å²) in [6.07, 6.45) is -0.0407. The molecule has 2 aromatic carbocycles. The van der Waals surface area contributed by atoms with Crippen molar-refractivity contribution in [2.24, 2.45) is 0 Å². The van der Waals surface area contributed by atoms with Crippen LogP contribution in [0.4, 0.5) is 5.69 Å². The fourth-order valence-electron chi connectivity index (χ4n) is 2.98. The molecule has 0 spiro atoms. The molecule has 132 valence electrons. The number of rotatable bonds is 4. The van der Waals surface area contributed by atoms with Crippen molar-refractivity contribution in [3.8, 4) is 0 Å². The number of nitrogens with zero attached hydrogens (tertiary/aromatic N) is 1. The van der Waals surface area contributed by atoms with Crippen LogP contribution < -0.4 is 9.62 Å². The summed E-state index contributed by atoms with van der Waals surface area (Å²) in [6.45, 7) is 0.240. The van der Waals surface area contributed by atoms with Crippen LogP contribution in [0.2, 0.25) is 0 Å². The van der Waals surface area contributed by atoms with E-state index < -0.39 is 22.0 Å². The molecule has 0 radical (unpaired) electrons. The second-order valence-corrected chi connectivity index (χ2v) is 8.93. The highest BCUT2D eigenvalue weighted by atomic mass is 127. The average Bonchev–Trinajstić information content (AvgIpc) is 2.63. The van der Waals surface area contributed by atoms with Crippen LogP contribution in [0.15, 0.2) is 47.4 Å². The van der Waals surface area contributed by atoms with Crippen molar-refractivity contribution in [3.05, 3.63) is 57.2 Å². The molecule has 0 fully saturated rings. The van der Waals surface area contributed by atoms with Crippen LogP contribution in [0.25, 0.3) is 0 Å². The summed E-state index contributed by atoms with van der Waals surface area (Å²) < 4.78 is 28.2. The van der Waals surface area contributed by atoms with Crippen molar-refractivity contribution in [2.45, 2.75) is 17.4 Å². The molecule has 8 heteroatoms. The minimum atomic E-state index is -3.70. The molecule has 0 aliphatic carbocycles. The number of anilines is 1. The van der Waals surface area contributed by atoms with Gasteiger partial charge in [0.05, 0.1) is 23.0 Å². The molecule has 25 heavy (non-hydrogen) atoms. The van der Waals surface area contributed by atoms with E-state index >= 15 is 0 Å². The maximum absolute atomic E-state index is 13.1. The third-order valence-electron chi connectivity index (χ3n) is 4.20. The van der Waals surface area contributed by atoms with Gasteiger partial charge in [0, 0.05) is 17.2 Å². The Balaban J connectivity index is 2.20. The largest absolute Gasteiger partial charge is 0.481 e. The van der Waals surface area contributed by atoms with Crippen molar-refractivity contribution < 1.29 is 18.3 Å². The zero-order chi connectivity index (χ0) is 18.2. The van der Waals surface area contributed by atoms with Crippen molar-refractivity contribution in [3.63, 3.8) is 0 Å².